The minimum absolute atomic E-state index is 0.327. The standard InChI is InChI=1S/C20H34N2O.C2H6/c1-12-11-16-20(3,10-8-17(23)22(16)4)14-7-9-19(2)13(18(12)14)5-6-15(19)21;1-2/h12-16,18H,5-11,21H2,1-4H3;1-2H3. The van der Waals surface area contributed by atoms with E-state index in [4.69, 9.17) is 5.73 Å². The fourth-order valence-electron chi connectivity index (χ4n) is 7.50. The number of nitrogens with zero attached hydrogens (tertiary/aromatic N) is 1. The van der Waals surface area contributed by atoms with Crippen molar-refractivity contribution in [2.45, 2.75) is 91.6 Å². The summed E-state index contributed by atoms with van der Waals surface area (Å²) in [7, 11) is 2.05. The van der Waals surface area contributed by atoms with E-state index >= 15 is 0 Å². The molecule has 1 saturated heterocycles. The molecule has 8 atom stereocenters. The van der Waals surface area contributed by atoms with E-state index in [0.29, 0.717) is 28.8 Å². The van der Waals surface area contributed by atoms with Crippen molar-refractivity contribution >= 4 is 5.91 Å². The normalized spacial score (nSPS) is 51.8. The van der Waals surface area contributed by atoms with E-state index in [-0.39, 0.29) is 0 Å². The topological polar surface area (TPSA) is 46.3 Å². The van der Waals surface area contributed by atoms with Crippen LogP contribution in [0, 0.1) is 34.5 Å². The van der Waals surface area contributed by atoms with E-state index in [2.05, 4.69) is 32.7 Å². The van der Waals surface area contributed by atoms with Crippen LogP contribution in [0.5, 0.6) is 0 Å². The summed E-state index contributed by atoms with van der Waals surface area (Å²) in [5, 5.41) is 0. The van der Waals surface area contributed by atoms with Gasteiger partial charge >= 0.3 is 0 Å². The zero-order chi connectivity index (χ0) is 18.6. The molecule has 0 spiro atoms. The van der Waals surface area contributed by atoms with Crippen LogP contribution < -0.4 is 5.73 Å². The van der Waals surface area contributed by atoms with E-state index in [9.17, 15) is 4.79 Å². The molecule has 2 N–H and O–H groups in total. The first-order valence-electron chi connectivity index (χ1n) is 10.8. The van der Waals surface area contributed by atoms with Gasteiger partial charge in [-0.1, -0.05) is 34.6 Å². The first-order valence-corrected chi connectivity index (χ1v) is 10.8. The van der Waals surface area contributed by atoms with E-state index in [1.165, 1.54) is 32.1 Å². The SMILES string of the molecule is CC.CC1CC2N(C)C(=O)CCC2(C)C2CCC3(C)C(N)CCC3C12. The summed E-state index contributed by atoms with van der Waals surface area (Å²) < 4.78 is 0. The van der Waals surface area contributed by atoms with Gasteiger partial charge in [0.05, 0.1) is 0 Å². The second kappa shape index (κ2) is 6.55. The van der Waals surface area contributed by atoms with Gasteiger partial charge < -0.3 is 10.6 Å². The van der Waals surface area contributed by atoms with Crippen molar-refractivity contribution in [3.05, 3.63) is 0 Å². The van der Waals surface area contributed by atoms with Crippen molar-refractivity contribution in [2.75, 3.05) is 7.05 Å². The van der Waals surface area contributed by atoms with E-state index < -0.39 is 0 Å². The molecule has 4 rings (SSSR count). The lowest BCUT2D eigenvalue weighted by Crippen LogP contribution is -2.63. The first kappa shape index (κ1) is 19.2. The van der Waals surface area contributed by atoms with Crippen LogP contribution in [0.4, 0.5) is 0 Å². The Hall–Kier alpha value is -0.570. The molecule has 144 valence electrons. The Morgan fingerprint density at radius 1 is 1.04 bits per heavy atom. The molecule has 3 saturated carbocycles. The van der Waals surface area contributed by atoms with Crippen LogP contribution in [0.3, 0.4) is 0 Å². The third-order valence-corrected chi connectivity index (χ3v) is 9.00. The molecule has 3 aliphatic carbocycles. The van der Waals surface area contributed by atoms with Gasteiger partial charge in [0, 0.05) is 25.6 Å². The van der Waals surface area contributed by atoms with Crippen molar-refractivity contribution in [2.24, 2.45) is 40.2 Å². The van der Waals surface area contributed by atoms with E-state index in [0.717, 1.165) is 36.5 Å². The molecule has 4 aliphatic rings. The number of piperidine rings is 1. The lowest BCUT2D eigenvalue weighted by atomic mass is 9.45. The van der Waals surface area contributed by atoms with Gasteiger partial charge in [-0.15, -0.1) is 0 Å². The Morgan fingerprint density at radius 3 is 2.36 bits per heavy atom. The Balaban J connectivity index is 0.000000880. The van der Waals surface area contributed by atoms with Crippen LogP contribution in [0.1, 0.15) is 79.6 Å². The fraction of sp³-hybridized carbons (Fsp3) is 0.955. The number of likely N-dealkylation sites (tertiary alicyclic amines) is 1. The number of hydrogen-bond donors (Lipinski definition) is 1. The summed E-state index contributed by atoms with van der Waals surface area (Å²) in [6.45, 7) is 11.4. The molecule has 25 heavy (non-hydrogen) atoms. The largest absolute Gasteiger partial charge is 0.342 e. The highest BCUT2D eigenvalue weighted by atomic mass is 16.2. The zero-order valence-electron chi connectivity index (χ0n) is 17.3. The van der Waals surface area contributed by atoms with E-state index in [1.807, 2.05) is 13.8 Å². The summed E-state index contributed by atoms with van der Waals surface area (Å²) in [4.78, 5) is 14.3. The number of amides is 1. The lowest BCUT2D eigenvalue weighted by molar-refractivity contribution is -0.165. The molecule has 1 amide bonds. The van der Waals surface area contributed by atoms with Crippen molar-refractivity contribution in [1.82, 2.24) is 4.90 Å². The van der Waals surface area contributed by atoms with Crippen molar-refractivity contribution in [3.63, 3.8) is 0 Å². The second-order valence-corrected chi connectivity index (χ2v) is 9.76. The predicted molar refractivity (Wildman–Crippen MR) is 104 cm³/mol. The lowest BCUT2D eigenvalue weighted by Gasteiger charge is -2.63. The number of rotatable bonds is 0. The monoisotopic (exact) mass is 348 g/mol. The Morgan fingerprint density at radius 2 is 1.68 bits per heavy atom. The molecule has 0 radical (unpaired) electrons. The Labute approximate surface area is 155 Å². The van der Waals surface area contributed by atoms with Crippen LogP contribution in [0.2, 0.25) is 0 Å². The van der Waals surface area contributed by atoms with Gasteiger partial charge in [-0.25, -0.2) is 0 Å². The molecule has 0 aromatic heterocycles. The second-order valence-electron chi connectivity index (χ2n) is 9.76. The van der Waals surface area contributed by atoms with Crippen molar-refractivity contribution in [1.29, 1.82) is 0 Å². The van der Waals surface area contributed by atoms with Crippen LogP contribution in [-0.2, 0) is 4.79 Å². The van der Waals surface area contributed by atoms with Crippen LogP contribution in [-0.4, -0.2) is 29.9 Å². The molecular weight excluding hydrogens is 308 g/mol. The van der Waals surface area contributed by atoms with Gasteiger partial charge in [-0.2, -0.15) is 0 Å². The van der Waals surface area contributed by atoms with E-state index in [1.54, 1.807) is 0 Å². The summed E-state index contributed by atoms with van der Waals surface area (Å²) in [5.74, 6) is 3.51. The molecule has 0 aromatic rings. The average molecular weight is 349 g/mol. The molecule has 1 heterocycles. The van der Waals surface area contributed by atoms with Gasteiger partial charge in [-0.05, 0) is 73.0 Å². The molecule has 0 bridgehead atoms. The molecule has 0 aromatic carbocycles. The first-order chi connectivity index (χ1) is 11.8. The molecule has 8 unspecified atom stereocenters. The highest BCUT2D eigenvalue weighted by molar-refractivity contribution is 5.77. The number of carbonyl (C=O) groups excluding carboxylic acids is 1. The summed E-state index contributed by atoms with van der Waals surface area (Å²) in [6, 6.07) is 0.862. The highest BCUT2D eigenvalue weighted by Crippen LogP contribution is 2.65. The summed E-state index contributed by atoms with van der Waals surface area (Å²) in [5.41, 5.74) is 7.24. The van der Waals surface area contributed by atoms with Crippen molar-refractivity contribution in [3.8, 4) is 0 Å². The molecule has 3 nitrogen and oxygen atoms in total. The Kier molecular flexibility index (Phi) is 5.03. The average Bonchev–Trinajstić information content (AvgIpc) is 2.91. The maximum Gasteiger partial charge on any atom is 0.222 e. The maximum atomic E-state index is 12.2. The molecule has 3 heteroatoms. The molecule has 4 fully saturated rings. The van der Waals surface area contributed by atoms with Gasteiger partial charge in [0.25, 0.3) is 0 Å². The quantitative estimate of drug-likeness (QED) is 0.703. The highest BCUT2D eigenvalue weighted by Gasteiger charge is 2.62. The number of hydrogen-bond acceptors (Lipinski definition) is 2. The smallest absolute Gasteiger partial charge is 0.222 e. The Bertz CT molecular complexity index is 520. The molecular formula is C22H40N2O. The molecule has 1 aliphatic heterocycles. The maximum absolute atomic E-state index is 12.2. The minimum Gasteiger partial charge on any atom is -0.342 e. The zero-order valence-corrected chi connectivity index (χ0v) is 17.3. The minimum atomic E-state index is 0.327. The third-order valence-electron chi connectivity index (χ3n) is 9.00. The summed E-state index contributed by atoms with van der Waals surface area (Å²) in [6.07, 6.45) is 8.22. The number of fused-ring (bicyclic) bond motifs is 5. The number of carbonyl (C=O) groups is 1. The van der Waals surface area contributed by atoms with Gasteiger partial charge in [-0.3, -0.25) is 4.79 Å². The van der Waals surface area contributed by atoms with Crippen LogP contribution in [0.25, 0.3) is 0 Å². The van der Waals surface area contributed by atoms with Gasteiger partial charge in [0.1, 0.15) is 0 Å². The summed E-state index contributed by atoms with van der Waals surface area (Å²) >= 11 is 0. The third kappa shape index (κ3) is 2.59. The predicted octanol–water partition coefficient (Wildman–Crippen LogP) is 4.45. The van der Waals surface area contributed by atoms with Crippen LogP contribution >= 0.6 is 0 Å². The fourth-order valence-corrected chi connectivity index (χ4v) is 7.50. The van der Waals surface area contributed by atoms with Gasteiger partial charge in [0.2, 0.25) is 5.91 Å². The van der Waals surface area contributed by atoms with Crippen molar-refractivity contribution < 1.29 is 4.79 Å². The number of nitrogens with two attached hydrogens (primary N) is 1. The van der Waals surface area contributed by atoms with Crippen LogP contribution in [0.15, 0.2) is 0 Å². The van der Waals surface area contributed by atoms with Gasteiger partial charge in [0.15, 0.2) is 0 Å².